The highest BCUT2D eigenvalue weighted by molar-refractivity contribution is 5.66. The first-order valence-corrected chi connectivity index (χ1v) is 6.82. The molecule has 0 atom stereocenters. The van der Waals surface area contributed by atoms with Crippen LogP contribution in [0, 0.1) is 11.3 Å². The summed E-state index contributed by atoms with van der Waals surface area (Å²) in [5.41, 5.74) is 6.45. The Balaban J connectivity index is 2.03. The smallest absolute Gasteiger partial charge is 0.174 e. The van der Waals surface area contributed by atoms with E-state index in [4.69, 9.17) is 5.73 Å². The van der Waals surface area contributed by atoms with Crippen LogP contribution in [0.25, 0.3) is 5.82 Å². The SMILES string of the molecule is N#Cc1c(N2CCCNCC2)nn(-c2cnccn2)c1N. The molecular formula is C13H16N8. The van der Waals surface area contributed by atoms with Crippen LogP contribution in [0.15, 0.2) is 18.6 Å². The van der Waals surface area contributed by atoms with Gasteiger partial charge in [-0.2, -0.15) is 9.94 Å². The molecule has 0 radical (unpaired) electrons. The lowest BCUT2D eigenvalue weighted by Crippen LogP contribution is -2.28. The molecule has 1 aliphatic heterocycles. The zero-order chi connectivity index (χ0) is 14.7. The van der Waals surface area contributed by atoms with E-state index in [1.807, 2.05) is 0 Å². The van der Waals surface area contributed by atoms with Gasteiger partial charge in [0.1, 0.15) is 17.5 Å². The van der Waals surface area contributed by atoms with Gasteiger partial charge in [0.15, 0.2) is 11.6 Å². The van der Waals surface area contributed by atoms with Crippen molar-refractivity contribution in [1.82, 2.24) is 25.1 Å². The minimum absolute atomic E-state index is 0.296. The van der Waals surface area contributed by atoms with Gasteiger partial charge in [-0.25, -0.2) is 4.98 Å². The van der Waals surface area contributed by atoms with Crippen molar-refractivity contribution in [3.63, 3.8) is 0 Å². The highest BCUT2D eigenvalue weighted by Crippen LogP contribution is 2.26. The maximum Gasteiger partial charge on any atom is 0.174 e. The van der Waals surface area contributed by atoms with Gasteiger partial charge < -0.3 is 16.0 Å². The van der Waals surface area contributed by atoms with E-state index in [2.05, 4.69) is 31.4 Å². The number of anilines is 2. The normalized spacial score (nSPS) is 15.5. The molecule has 3 rings (SSSR count). The van der Waals surface area contributed by atoms with E-state index >= 15 is 0 Å². The van der Waals surface area contributed by atoms with Crippen molar-refractivity contribution in [2.45, 2.75) is 6.42 Å². The van der Waals surface area contributed by atoms with Gasteiger partial charge in [0.2, 0.25) is 0 Å². The molecule has 1 aliphatic rings. The number of nitriles is 1. The number of aromatic nitrogens is 4. The predicted octanol–water partition coefficient (Wildman–Crippen LogP) is -0.0841. The third-order valence-corrected chi connectivity index (χ3v) is 3.42. The summed E-state index contributed by atoms with van der Waals surface area (Å²) in [7, 11) is 0. The van der Waals surface area contributed by atoms with Crippen LogP contribution in [0.5, 0.6) is 0 Å². The van der Waals surface area contributed by atoms with Crippen molar-refractivity contribution in [2.24, 2.45) is 0 Å². The van der Waals surface area contributed by atoms with Crippen molar-refractivity contribution >= 4 is 11.6 Å². The van der Waals surface area contributed by atoms with E-state index < -0.39 is 0 Å². The zero-order valence-electron chi connectivity index (χ0n) is 11.5. The molecule has 0 unspecified atom stereocenters. The van der Waals surface area contributed by atoms with Gasteiger partial charge in [0.25, 0.3) is 0 Å². The van der Waals surface area contributed by atoms with Crippen molar-refractivity contribution in [2.75, 3.05) is 36.8 Å². The fourth-order valence-electron chi connectivity index (χ4n) is 2.38. The molecule has 0 spiro atoms. The monoisotopic (exact) mass is 284 g/mol. The predicted molar refractivity (Wildman–Crippen MR) is 78.0 cm³/mol. The van der Waals surface area contributed by atoms with E-state index in [9.17, 15) is 5.26 Å². The molecule has 1 fully saturated rings. The Labute approximate surface area is 122 Å². The second-order valence-electron chi connectivity index (χ2n) is 4.76. The lowest BCUT2D eigenvalue weighted by Gasteiger charge is -2.19. The Hall–Kier alpha value is -2.66. The third-order valence-electron chi connectivity index (χ3n) is 3.42. The lowest BCUT2D eigenvalue weighted by molar-refractivity contribution is 0.724. The number of hydrogen-bond acceptors (Lipinski definition) is 7. The molecule has 0 aromatic carbocycles. The van der Waals surface area contributed by atoms with Crippen LogP contribution in [0.3, 0.4) is 0 Å². The van der Waals surface area contributed by atoms with E-state index in [0.717, 1.165) is 32.6 Å². The maximum atomic E-state index is 9.40. The summed E-state index contributed by atoms with van der Waals surface area (Å²) >= 11 is 0. The fraction of sp³-hybridized carbons (Fsp3) is 0.385. The van der Waals surface area contributed by atoms with Gasteiger partial charge in [0, 0.05) is 32.0 Å². The first-order chi connectivity index (χ1) is 10.3. The average molecular weight is 284 g/mol. The summed E-state index contributed by atoms with van der Waals surface area (Å²) in [6.07, 6.45) is 5.72. The van der Waals surface area contributed by atoms with Crippen LogP contribution in [0.4, 0.5) is 11.6 Å². The highest BCUT2D eigenvalue weighted by atomic mass is 15.4. The molecule has 0 aliphatic carbocycles. The molecule has 2 aromatic rings. The molecule has 0 bridgehead atoms. The Morgan fingerprint density at radius 1 is 1.29 bits per heavy atom. The average Bonchev–Trinajstić information content (AvgIpc) is 2.70. The van der Waals surface area contributed by atoms with Gasteiger partial charge >= 0.3 is 0 Å². The van der Waals surface area contributed by atoms with Gasteiger partial charge in [-0.15, -0.1) is 5.10 Å². The van der Waals surface area contributed by atoms with Gasteiger partial charge in [-0.05, 0) is 13.0 Å². The third kappa shape index (κ3) is 2.51. The van der Waals surface area contributed by atoms with Crippen LogP contribution in [0.2, 0.25) is 0 Å². The number of rotatable bonds is 2. The molecule has 3 heterocycles. The summed E-state index contributed by atoms with van der Waals surface area (Å²) in [5, 5.41) is 17.2. The van der Waals surface area contributed by atoms with E-state index in [1.54, 1.807) is 18.6 Å². The number of nitrogens with zero attached hydrogens (tertiary/aromatic N) is 6. The highest BCUT2D eigenvalue weighted by Gasteiger charge is 2.22. The standard InChI is InChI=1S/C13H16N8/c14-8-10-12(15)21(11-9-17-3-4-18-11)19-13(10)20-6-1-2-16-5-7-20/h3-4,9,16H,1-2,5-7,15H2. The van der Waals surface area contributed by atoms with E-state index in [0.29, 0.717) is 23.0 Å². The fourth-order valence-corrected chi connectivity index (χ4v) is 2.38. The number of nitrogens with one attached hydrogen (secondary N) is 1. The first-order valence-electron chi connectivity index (χ1n) is 6.82. The molecule has 0 amide bonds. The molecule has 108 valence electrons. The minimum atomic E-state index is 0.296. The number of nitrogens with two attached hydrogens (primary N) is 1. The molecule has 8 heteroatoms. The zero-order valence-corrected chi connectivity index (χ0v) is 11.5. The minimum Gasteiger partial charge on any atom is -0.382 e. The molecule has 8 nitrogen and oxygen atoms in total. The second kappa shape index (κ2) is 5.76. The molecule has 2 aromatic heterocycles. The first kappa shape index (κ1) is 13.3. The molecular weight excluding hydrogens is 268 g/mol. The molecule has 1 saturated heterocycles. The number of nitrogen functional groups attached to an aromatic ring is 1. The Morgan fingerprint density at radius 3 is 2.95 bits per heavy atom. The quantitative estimate of drug-likeness (QED) is 0.793. The molecule has 0 saturated carbocycles. The van der Waals surface area contributed by atoms with Crippen LogP contribution >= 0.6 is 0 Å². The van der Waals surface area contributed by atoms with Crippen molar-refractivity contribution < 1.29 is 0 Å². The van der Waals surface area contributed by atoms with Crippen LogP contribution in [-0.4, -0.2) is 45.9 Å². The largest absolute Gasteiger partial charge is 0.382 e. The van der Waals surface area contributed by atoms with Crippen LogP contribution in [0.1, 0.15) is 12.0 Å². The summed E-state index contributed by atoms with van der Waals surface area (Å²) in [6, 6.07) is 2.15. The number of hydrogen-bond donors (Lipinski definition) is 2. The van der Waals surface area contributed by atoms with Gasteiger partial charge in [-0.3, -0.25) is 4.98 Å². The summed E-state index contributed by atoms with van der Waals surface area (Å²) in [5.74, 6) is 1.42. The van der Waals surface area contributed by atoms with E-state index in [1.165, 1.54) is 4.68 Å². The maximum absolute atomic E-state index is 9.40. The van der Waals surface area contributed by atoms with E-state index in [-0.39, 0.29) is 0 Å². The topological polar surface area (TPSA) is 109 Å². The van der Waals surface area contributed by atoms with Crippen molar-refractivity contribution in [3.8, 4) is 11.9 Å². The van der Waals surface area contributed by atoms with Gasteiger partial charge in [-0.1, -0.05) is 0 Å². The molecule has 3 N–H and O–H groups in total. The Kier molecular flexibility index (Phi) is 3.66. The summed E-state index contributed by atoms with van der Waals surface area (Å²) < 4.78 is 1.47. The summed E-state index contributed by atoms with van der Waals surface area (Å²) in [4.78, 5) is 10.3. The molecule has 21 heavy (non-hydrogen) atoms. The summed E-state index contributed by atoms with van der Waals surface area (Å²) in [6.45, 7) is 3.48. The Bertz CT molecular complexity index is 649. The van der Waals surface area contributed by atoms with Crippen molar-refractivity contribution in [3.05, 3.63) is 24.2 Å². The van der Waals surface area contributed by atoms with Crippen molar-refractivity contribution in [1.29, 1.82) is 5.26 Å². The van der Waals surface area contributed by atoms with Gasteiger partial charge in [0.05, 0.1) is 6.20 Å². The van der Waals surface area contributed by atoms with Crippen LogP contribution < -0.4 is 16.0 Å². The second-order valence-corrected chi connectivity index (χ2v) is 4.76. The Morgan fingerprint density at radius 2 is 2.19 bits per heavy atom. The lowest BCUT2D eigenvalue weighted by atomic mass is 10.3. The van der Waals surface area contributed by atoms with Crippen LogP contribution in [-0.2, 0) is 0 Å².